The Morgan fingerprint density at radius 3 is 2.86 bits per heavy atom. The molecule has 0 saturated carbocycles. The second-order valence-corrected chi connectivity index (χ2v) is 7.81. The molecule has 2 nitrogen and oxygen atoms in total. The number of hydrogen-bond donors (Lipinski definition) is 0. The molecule has 2 aliphatic rings. The van der Waals surface area contributed by atoms with Gasteiger partial charge in [0.15, 0.2) is 5.78 Å². The van der Waals surface area contributed by atoms with Crippen LogP contribution in [0.4, 0.5) is 0 Å². The number of ketones is 1. The smallest absolute Gasteiger partial charge is 0.167 e. The maximum absolute atomic E-state index is 12.8. The molecule has 0 amide bonds. The van der Waals surface area contributed by atoms with Crippen LogP contribution in [-0.2, 0) is 4.74 Å². The van der Waals surface area contributed by atoms with Gasteiger partial charge in [-0.05, 0) is 61.8 Å². The Morgan fingerprint density at radius 1 is 1.38 bits per heavy atom. The van der Waals surface area contributed by atoms with Crippen LogP contribution in [-0.4, -0.2) is 29.5 Å². The highest BCUT2D eigenvalue weighted by molar-refractivity contribution is 7.99. The van der Waals surface area contributed by atoms with Crippen LogP contribution in [0.3, 0.4) is 0 Å². The molecule has 3 rings (SSSR count). The Balaban J connectivity index is 1.77. The maximum Gasteiger partial charge on any atom is 0.167 e. The van der Waals surface area contributed by atoms with Crippen LogP contribution in [0.1, 0.15) is 41.6 Å². The summed E-state index contributed by atoms with van der Waals surface area (Å²) in [6.45, 7) is 2.69. The molecule has 0 radical (unpaired) electrons. The van der Waals surface area contributed by atoms with Gasteiger partial charge in [-0.2, -0.15) is 11.8 Å². The summed E-state index contributed by atoms with van der Waals surface area (Å²) in [6.07, 6.45) is 3.82. The fourth-order valence-corrected chi connectivity index (χ4v) is 4.95. The van der Waals surface area contributed by atoms with E-state index in [4.69, 9.17) is 16.3 Å². The molecule has 114 valence electrons. The topological polar surface area (TPSA) is 26.3 Å². The summed E-state index contributed by atoms with van der Waals surface area (Å²) < 4.78 is 6.07. The Morgan fingerprint density at radius 2 is 2.14 bits per heavy atom. The SMILES string of the molecule is Cc1ccc(C(=O)C2CCOC3(CCSCC3)C2)c(Cl)c1. The van der Waals surface area contributed by atoms with Crippen molar-refractivity contribution in [2.24, 2.45) is 5.92 Å². The van der Waals surface area contributed by atoms with Gasteiger partial charge in [0.2, 0.25) is 0 Å². The van der Waals surface area contributed by atoms with Crippen LogP contribution in [0, 0.1) is 12.8 Å². The van der Waals surface area contributed by atoms with Gasteiger partial charge in [-0.1, -0.05) is 17.7 Å². The number of hydrogen-bond acceptors (Lipinski definition) is 3. The van der Waals surface area contributed by atoms with Gasteiger partial charge in [0.1, 0.15) is 0 Å². The minimum Gasteiger partial charge on any atom is -0.375 e. The summed E-state index contributed by atoms with van der Waals surface area (Å²) in [4.78, 5) is 12.8. The van der Waals surface area contributed by atoms with Crippen LogP contribution in [0.15, 0.2) is 18.2 Å². The van der Waals surface area contributed by atoms with Crippen molar-refractivity contribution in [3.63, 3.8) is 0 Å². The third-order valence-electron chi connectivity index (χ3n) is 4.66. The predicted molar refractivity (Wildman–Crippen MR) is 88.5 cm³/mol. The highest BCUT2D eigenvalue weighted by Gasteiger charge is 2.41. The van der Waals surface area contributed by atoms with Crippen LogP contribution in [0.25, 0.3) is 0 Å². The zero-order chi connectivity index (χ0) is 14.9. The van der Waals surface area contributed by atoms with E-state index in [1.54, 1.807) is 0 Å². The van der Waals surface area contributed by atoms with Crippen LogP contribution >= 0.6 is 23.4 Å². The molecule has 2 heterocycles. The minimum absolute atomic E-state index is 0.0546. The van der Waals surface area contributed by atoms with E-state index in [-0.39, 0.29) is 17.3 Å². The first-order chi connectivity index (χ1) is 10.1. The van der Waals surface area contributed by atoms with Crippen molar-refractivity contribution in [1.29, 1.82) is 0 Å². The first-order valence-corrected chi connectivity index (χ1v) is 9.15. The zero-order valence-electron chi connectivity index (χ0n) is 12.4. The van der Waals surface area contributed by atoms with Gasteiger partial charge < -0.3 is 4.74 Å². The third-order valence-corrected chi connectivity index (χ3v) is 5.96. The number of carbonyl (C=O) groups is 1. The number of rotatable bonds is 2. The molecule has 2 saturated heterocycles. The number of thioether (sulfide) groups is 1. The fraction of sp³-hybridized carbons (Fsp3) is 0.588. The summed E-state index contributed by atoms with van der Waals surface area (Å²) >= 11 is 8.25. The molecule has 4 heteroatoms. The molecule has 1 atom stereocenters. The summed E-state index contributed by atoms with van der Waals surface area (Å²) in [5.41, 5.74) is 1.71. The standard InChI is InChI=1S/C17H21ClO2S/c1-12-2-3-14(15(18)10-12)16(19)13-4-7-20-17(11-13)5-8-21-9-6-17/h2-3,10,13H,4-9,11H2,1H3. The second-order valence-electron chi connectivity index (χ2n) is 6.18. The third kappa shape index (κ3) is 3.30. The Bertz CT molecular complexity index is 532. The average Bonchev–Trinajstić information content (AvgIpc) is 2.47. The Hall–Kier alpha value is -0.510. The molecule has 0 N–H and O–H groups in total. The molecular weight excluding hydrogens is 304 g/mol. The van der Waals surface area contributed by atoms with Crippen molar-refractivity contribution in [1.82, 2.24) is 0 Å². The number of Topliss-reactive ketones (excluding diaryl/α,β-unsaturated/α-hetero) is 1. The largest absolute Gasteiger partial charge is 0.375 e. The van der Waals surface area contributed by atoms with Gasteiger partial charge in [-0.15, -0.1) is 0 Å². The number of benzene rings is 1. The van der Waals surface area contributed by atoms with E-state index in [1.165, 1.54) is 0 Å². The Labute approximate surface area is 135 Å². The van der Waals surface area contributed by atoms with Crippen LogP contribution in [0.2, 0.25) is 5.02 Å². The van der Waals surface area contributed by atoms with Gasteiger partial charge in [-0.25, -0.2) is 0 Å². The number of halogens is 1. The van der Waals surface area contributed by atoms with E-state index in [0.29, 0.717) is 17.2 Å². The molecule has 2 aliphatic heterocycles. The molecular formula is C17H21ClO2S. The van der Waals surface area contributed by atoms with Crippen molar-refractivity contribution in [3.8, 4) is 0 Å². The summed E-state index contributed by atoms with van der Waals surface area (Å²) in [6, 6.07) is 5.71. The highest BCUT2D eigenvalue weighted by atomic mass is 35.5. The second kappa shape index (κ2) is 6.31. The quantitative estimate of drug-likeness (QED) is 0.748. The van der Waals surface area contributed by atoms with Crippen molar-refractivity contribution < 1.29 is 9.53 Å². The number of ether oxygens (including phenoxy) is 1. The molecule has 21 heavy (non-hydrogen) atoms. The normalized spacial score (nSPS) is 25.0. The lowest BCUT2D eigenvalue weighted by Crippen LogP contribution is -2.44. The van der Waals surface area contributed by atoms with E-state index in [0.717, 1.165) is 42.8 Å². The average molecular weight is 325 g/mol. The Kier molecular flexibility index (Phi) is 4.63. The monoisotopic (exact) mass is 324 g/mol. The van der Waals surface area contributed by atoms with E-state index >= 15 is 0 Å². The maximum atomic E-state index is 12.8. The van der Waals surface area contributed by atoms with E-state index in [2.05, 4.69) is 0 Å². The lowest BCUT2D eigenvalue weighted by Gasteiger charge is -2.43. The van der Waals surface area contributed by atoms with Gasteiger partial charge in [0, 0.05) is 18.1 Å². The summed E-state index contributed by atoms with van der Waals surface area (Å²) in [5, 5.41) is 0.583. The first kappa shape index (κ1) is 15.4. The van der Waals surface area contributed by atoms with Crippen molar-refractivity contribution >= 4 is 29.1 Å². The van der Waals surface area contributed by atoms with Crippen LogP contribution in [0.5, 0.6) is 0 Å². The fourth-order valence-electron chi connectivity index (χ4n) is 3.38. The first-order valence-electron chi connectivity index (χ1n) is 7.62. The lowest BCUT2D eigenvalue weighted by atomic mass is 9.78. The van der Waals surface area contributed by atoms with Crippen LogP contribution < -0.4 is 0 Å². The van der Waals surface area contributed by atoms with Gasteiger partial charge in [-0.3, -0.25) is 4.79 Å². The molecule has 1 unspecified atom stereocenters. The van der Waals surface area contributed by atoms with Gasteiger partial charge in [0.25, 0.3) is 0 Å². The molecule has 2 fully saturated rings. The van der Waals surface area contributed by atoms with Crippen molar-refractivity contribution in [2.75, 3.05) is 18.1 Å². The predicted octanol–water partition coefficient (Wildman–Crippen LogP) is 4.52. The summed E-state index contributed by atoms with van der Waals surface area (Å²) in [5.74, 6) is 2.54. The minimum atomic E-state index is -0.0546. The molecule has 1 aromatic rings. The molecule has 0 aromatic heterocycles. The molecule has 0 aliphatic carbocycles. The zero-order valence-corrected chi connectivity index (χ0v) is 13.9. The van der Waals surface area contributed by atoms with E-state index < -0.39 is 0 Å². The van der Waals surface area contributed by atoms with Gasteiger partial charge >= 0.3 is 0 Å². The van der Waals surface area contributed by atoms with E-state index in [1.807, 2.05) is 36.9 Å². The molecule has 1 spiro atoms. The molecule has 1 aromatic carbocycles. The van der Waals surface area contributed by atoms with E-state index in [9.17, 15) is 4.79 Å². The lowest BCUT2D eigenvalue weighted by molar-refractivity contribution is -0.0959. The summed E-state index contributed by atoms with van der Waals surface area (Å²) in [7, 11) is 0. The number of carbonyl (C=O) groups excluding carboxylic acids is 1. The van der Waals surface area contributed by atoms with Gasteiger partial charge in [0.05, 0.1) is 10.6 Å². The molecule has 0 bridgehead atoms. The highest BCUT2D eigenvalue weighted by Crippen LogP contribution is 2.41. The van der Waals surface area contributed by atoms with Crippen molar-refractivity contribution in [2.45, 2.75) is 38.2 Å². The van der Waals surface area contributed by atoms with Crippen molar-refractivity contribution in [3.05, 3.63) is 34.3 Å². The number of aryl methyl sites for hydroxylation is 1.